The third-order valence-corrected chi connectivity index (χ3v) is 2.64. The molecular weight excluding hydrogens is 180 g/mol. The number of hydrogen-bond acceptors (Lipinski definition) is 0. The molecule has 0 aliphatic rings. The summed E-state index contributed by atoms with van der Waals surface area (Å²) in [4.78, 5) is 0. The van der Waals surface area contributed by atoms with Crippen LogP contribution in [0.5, 0.6) is 0 Å². The molecule has 0 fully saturated rings. The average Bonchev–Trinajstić information content (AvgIpc) is 2.25. The molecule has 0 N–H and O–H groups in total. The van der Waals surface area contributed by atoms with Gasteiger partial charge in [0.15, 0.2) is 0 Å². The van der Waals surface area contributed by atoms with Crippen molar-refractivity contribution in [3.63, 3.8) is 0 Å². The van der Waals surface area contributed by atoms with E-state index in [-0.39, 0.29) is 0 Å². The Morgan fingerprint density at radius 3 is 2.00 bits per heavy atom. The SMILES string of the molecule is C=CCCCCCCCC(=C)CCC=C. The Labute approximate surface area is 95.8 Å². The average molecular weight is 206 g/mol. The van der Waals surface area contributed by atoms with Gasteiger partial charge in [-0.1, -0.05) is 43.6 Å². The Balaban J connectivity index is 3.12. The fourth-order valence-electron chi connectivity index (χ4n) is 1.63. The lowest BCUT2D eigenvalue weighted by Crippen LogP contribution is -1.84. The molecule has 0 heterocycles. The van der Waals surface area contributed by atoms with Gasteiger partial charge in [0.1, 0.15) is 0 Å². The largest absolute Gasteiger partial charge is 0.103 e. The molecule has 0 radical (unpaired) electrons. The number of hydrogen-bond donors (Lipinski definition) is 0. The van der Waals surface area contributed by atoms with Crippen LogP contribution < -0.4 is 0 Å². The number of allylic oxidation sites excluding steroid dienone is 3. The molecule has 0 saturated carbocycles. The highest BCUT2D eigenvalue weighted by Crippen LogP contribution is 2.14. The van der Waals surface area contributed by atoms with E-state index < -0.39 is 0 Å². The van der Waals surface area contributed by atoms with Crippen molar-refractivity contribution < 1.29 is 0 Å². The summed E-state index contributed by atoms with van der Waals surface area (Å²) in [6, 6.07) is 0. The summed E-state index contributed by atoms with van der Waals surface area (Å²) >= 11 is 0. The maximum absolute atomic E-state index is 4.08. The second-order valence-corrected chi connectivity index (χ2v) is 4.17. The summed E-state index contributed by atoms with van der Waals surface area (Å²) in [6.07, 6.45) is 15.3. The first-order valence-corrected chi connectivity index (χ1v) is 6.19. The number of rotatable bonds is 11. The number of unbranched alkanes of at least 4 members (excludes halogenated alkanes) is 5. The molecule has 86 valence electrons. The van der Waals surface area contributed by atoms with Gasteiger partial charge in [0.05, 0.1) is 0 Å². The third-order valence-electron chi connectivity index (χ3n) is 2.64. The van der Waals surface area contributed by atoms with Gasteiger partial charge in [-0.3, -0.25) is 0 Å². The first-order chi connectivity index (χ1) is 7.31. The Bertz CT molecular complexity index is 176. The molecular formula is C15H26. The van der Waals surface area contributed by atoms with Gasteiger partial charge in [-0.2, -0.15) is 0 Å². The predicted octanol–water partition coefficient (Wildman–Crippen LogP) is 5.43. The molecule has 0 nitrogen and oxygen atoms in total. The van der Waals surface area contributed by atoms with Crippen molar-refractivity contribution in [2.24, 2.45) is 0 Å². The maximum Gasteiger partial charge on any atom is -0.0288 e. The van der Waals surface area contributed by atoms with Crippen LogP contribution in [0.25, 0.3) is 0 Å². The van der Waals surface area contributed by atoms with Crippen LogP contribution in [0.3, 0.4) is 0 Å². The van der Waals surface area contributed by atoms with Crippen LogP contribution in [-0.4, -0.2) is 0 Å². The second-order valence-electron chi connectivity index (χ2n) is 4.17. The minimum Gasteiger partial charge on any atom is -0.103 e. The first-order valence-electron chi connectivity index (χ1n) is 6.19. The fraction of sp³-hybridized carbons (Fsp3) is 0.600. The van der Waals surface area contributed by atoms with E-state index in [0.717, 1.165) is 12.8 Å². The summed E-state index contributed by atoms with van der Waals surface area (Å²) in [6.45, 7) is 11.5. The standard InChI is InChI=1S/C15H26/c1-4-6-8-9-10-11-12-14-15(3)13-7-5-2/h4-5H,1-3,6-14H2. The zero-order valence-electron chi connectivity index (χ0n) is 10.1. The van der Waals surface area contributed by atoms with Crippen molar-refractivity contribution in [2.45, 2.75) is 57.8 Å². The normalized spacial score (nSPS) is 9.87. The summed E-state index contributed by atoms with van der Waals surface area (Å²) < 4.78 is 0. The van der Waals surface area contributed by atoms with E-state index >= 15 is 0 Å². The lowest BCUT2D eigenvalue weighted by molar-refractivity contribution is 0.612. The van der Waals surface area contributed by atoms with E-state index in [1.807, 2.05) is 12.2 Å². The molecule has 0 rings (SSSR count). The zero-order valence-corrected chi connectivity index (χ0v) is 10.1. The Morgan fingerprint density at radius 1 is 0.733 bits per heavy atom. The zero-order chi connectivity index (χ0) is 11.4. The van der Waals surface area contributed by atoms with Crippen molar-refractivity contribution in [3.8, 4) is 0 Å². The molecule has 0 aromatic rings. The van der Waals surface area contributed by atoms with Crippen LogP contribution in [0, 0.1) is 0 Å². The van der Waals surface area contributed by atoms with Crippen molar-refractivity contribution in [2.75, 3.05) is 0 Å². The predicted molar refractivity (Wildman–Crippen MR) is 71.1 cm³/mol. The summed E-state index contributed by atoms with van der Waals surface area (Å²) in [5.41, 5.74) is 1.39. The molecule has 0 heteroatoms. The van der Waals surface area contributed by atoms with Crippen LogP contribution >= 0.6 is 0 Å². The van der Waals surface area contributed by atoms with Crippen LogP contribution in [0.2, 0.25) is 0 Å². The highest BCUT2D eigenvalue weighted by atomic mass is 14.0. The van der Waals surface area contributed by atoms with Gasteiger partial charge in [-0.05, 0) is 38.5 Å². The van der Waals surface area contributed by atoms with Crippen LogP contribution in [-0.2, 0) is 0 Å². The highest BCUT2D eigenvalue weighted by Gasteiger charge is 1.94. The van der Waals surface area contributed by atoms with Gasteiger partial charge in [-0.15, -0.1) is 13.2 Å². The van der Waals surface area contributed by atoms with Crippen LogP contribution in [0.1, 0.15) is 57.8 Å². The Kier molecular flexibility index (Phi) is 10.7. The highest BCUT2D eigenvalue weighted by molar-refractivity contribution is 4.95. The quantitative estimate of drug-likeness (QED) is 0.312. The molecule has 0 spiro atoms. The van der Waals surface area contributed by atoms with E-state index in [9.17, 15) is 0 Å². The maximum atomic E-state index is 4.08. The monoisotopic (exact) mass is 206 g/mol. The molecule has 0 bridgehead atoms. The molecule has 0 aliphatic carbocycles. The van der Waals surface area contributed by atoms with Crippen LogP contribution in [0.15, 0.2) is 37.5 Å². The van der Waals surface area contributed by atoms with E-state index in [1.54, 1.807) is 0 Å². The van der Waals surface area contributed by atoms with E-state index in [4.69, 9.17) is 0 Å². The summed E-state index contributed by atoms with van der Waals surface area (Å²) in [7, 11) is 0. The van der Waals surface area contributed by atoms with Crippen LogP contribution in [0.4, 0.5) is 0 Å². The van der Waals surface area contributed by atoms with Gasteiger partial charge in [0.2, 0.25) is 0 Å². The van der Waals surface area contributed by atoms with Crippen molar-refractivity contribution in [1.29, 1.82) is 0 Å². The Hall–Kier alpha value is -0.780. The molecule has 0 saturated heterocycles. The van der Waals surface area contributed by atoms with E-state index in [1.165, 1.54) is 50.5 Å². The van der Waals surface area contributed by atoms with Crippen molar-refractivity contribution in [1.82, 2.24) is 0 Å². The van der Waals surface area contributed by atoms with Gasteiger partial charge < -0.3 is 0 Å². The summed E-state index contributed by atoms with van der Waals surface area (Å²) in [5, 5.41) is 0. The lowest BCUT2D eigenvalue weighted by atomic mass is 10.0. The van der Waals surface area contributed by atoms with E-state index in [0.29, 0.717) is 0 Å². The molecule has 0 atom stereocenters. The van der Waals surface area contributed by atoms with Crippen molar-refractivity contribution >= 4 is 0 Å². The molecule has 0 aromatic heterocycles. The minimum absolute atomic E-state index is 1.08. The smallest absolute Gasteiger partial charge is 0.0288 e. The van der Waals surface area contributed by atoms with Gasteiger partial charge in [-0.25, -0.2) is 0 Å². The minimum atomic E-state index is 1.08. The topological polar surface area (TPSA) is 0 Å². The summed E-state index contributed by atoms with van der Waals surface area (Å²) in [5.74, 6) is 0. The molecule has 0 unspecified atom stereocenters. The van der Waals surface area contributed by atoms with E-state index in [2.05, 4.69) is 19.7 Å². The van der Waals surface area contributed by atoms with Gasteiger partial charge >= 0.3 is 0 Å². The Morgan fingerprint density at radius 2 is 1.33 bits per heavy atom. The lowest BCUT2D eigenvalue weighted by Gasteiger charge is -2.03. The van der Waals surface area contributed by atoms with Gasteiger partial charge in [0.25, 0.3) is 0 Å². The second kappa shape index (κ2) is 11.3. The molecule has 0 aliphatic heterocycles. The molecule has 0 aromatic carbocycles. The first kappa shape index (κ1) is 14.2. The molecule has 15 heavy (non-hydrogen) atoms. The van der Waals surface area contributed by atoms with Gasteiger partial charge in [0, 0.05) is 0 Å². The fourth-order valence-corrected chi connectivity index (χ4v) is 1.63. The molecule has 0 amide bonds. The third kappa shape index (κ3) is 11.1. The van der Waals surface area contributed by atoms with Crippen molar-refractivity contribution in [3.05, 3.63) is 37.5 Å².